The van der Waals surface area contributed by atoms with Crippen molar-refractivity contribution in [3.05, 3.63) is 58.9 Å². The molecule has 0 aliphatic carbocycles. The number of carboxylic acids is 1. The fourth-order valence-electron chi connectivity index (χ4n) is 1.84. The molecule has 0 heterocycles. The summed E-state index contributed by atoms with van der Waals surface area (Å²) >= 11 is 6.02. The number of hydrogen-bond acceptors (Lipinski definition) is 1. The lowest BCUT2D eigenvalue weighted by Crippen LogP contribution is -2.07. The lowest BCUT2D eigenvalue weighted by Gasteiger charge is -2.10. The quantitative estimate of drug-likeness (QED) is 0.907. The molecule has 19 heavy (non-hydrogen) atoms. The molecule has 0 unspecified atom stereocenters. The highest BCUT2D eigenvalue weighted by atomic mass is 35.5. The molecule has 0 aliphatic rings. The molecule has 0 radical (unpaired) electrons. The van der Waals surface area contributed by atoms with Crippen molar-refractivity contribution in [2.24, 2.45) is 0 Å². The van der Waals surface area contributed by atoms with Crippen LogP contribution in [0.2, 0.25) is 5.02 Å². The van der Waals surface area contributed by atoms with E-state index in [9.17, 15) is 9.18 Å². The molecule has 0 amide bonds. The van der Waals surface area contributed by atoms with Crippen LogP contribution in [0.4, 0.5) is 4.39 Å². The summed E-state index contributed by atoms with van der Waals surface area (Å²) < 4.78 is 14.1. The maximum Gasteiger partial charge on any atom is 0.310 e. The third-order valence-electron chi connectivity index (χ3n) is 3.03. The van der Waals surface area contributed by atoms with Crippen molar-refractivity contribution in [3.63, 3.8) is 0 Å². The molecule has 2 nitrogen and oxygen atoms in total. The summed E-state index contributed by atoms with van der Waals surface area (Å²) in [6.45, 7) is 1.52. The van der Waals surface area contributed by atoms with Gasteiger partial charge in [-0.25, -0.2) is 4.39 Å². The van der Waals surface area contributed by atoms with Crippen molar-refractivity contribution >= 4 is 17.6 Å². The molecule has 0 spiro atoms. The molecule has 2 aromatic carbocycles. The number of hydrogen-bond donors (Lipinski definition) is 1. The molecule has 0 aliphatic heterocycles. The van der Waals surface area contributed by atoms with E-state index in [4.69, 9.17) is 16.7 Å². The van der Waals surface area contributed by atoms with Crippen LogP contribution in [-0.4, -0.2) is 11.1 Å². The van der Waals surface area contributed by atoms with Gasteiger partial charge in [0.15, 0.2) is 0 Å². The fourth-order valence-corrected chi connectivity index (χ4v) is 2.08. The number of carboxylic acid groups (broad SMARTS) is 1. The van der Waals surface area contributed by atoms with Crippen LogP contribution in [0.1, 0.15) is 18.4 Å². The summed E-state index contributed by atoms with van der Waals surface area (Å²) in [7, 11) is 0. The highest BCUT2D eigenvalue weighted by Crippen LogP contribution is 2.31. The van der Waals surface area contributed by atoms with E-state index in [1.54, 1.807) is 36.4 Å². The average molecular weight is 279 g/mol. The molecule has 0 saturated carbocycles. The zero-order valence-electron chi connectivity index (χ0n) is 10.2. The maximum absolute atomic E-state index is 14.1. The summed E-state index contributed by atoms with van der Waals surface area (Å²) in [4.78, 5) is 10.9. The Morgan fingerprint density at radius 3 is 2.47 bits per heavy atom. The Morgan fingerprint density at radius 2 is 1.89 bits per heavy atom. The van der Waals surface area contributed by atoms with Crippen molar-refractivity contribution in [2.45, 2.75) is 12.8 Å². The Morgan fingerprint density at radius 1 is 1.21 bits per heavy atom. The van der Waals surface area contributed by atoms with Gasteiger partial charge < -0.3 is 5.11 Å². The Bertz CT molecular complexity index is 625. The number of halogens is 2. The fraction of sp³-hybridized carbons (Fsp3) is 0.133. The van der Waals surface area contributed by atoms with Gasteiger partial charge in [-0.05, 0) is 24.6 Å². The van der Waals surface area contributed by atoms with Crippen molar-refractivity contribution in [1.29, 1.82) is 0 Å². The topological polar surface area (TPSA) is 37.3 Å². The summed E-state index contributed by atoms with van der Waals surface area (Å²) in [5, 5.41) is 9.37. The lowest BCUT2D eigenvalue weighted by atomic mass is 9.97. The van der Waals surface area contributed by atoms with Crippen LogP contribution in [0.25, 0.3) is 11.1 Å². The maximum atomic E-state index is 14.1. The molecule has 0 fully saturated rings. The predicted octanol–water partition coefficient (Wildman–Crippen LogP) is 4.33. The third kappa shape index (κ3) is 2.76. The van der Waals surface area contributed by atoms with E-state index in [-0.39, 0.29) is 0 Å². The molecule has 0 bridgehead atoms. The van der Waals surface area contributed by atoms with Gasteiger partial charge >= 0.3 is 5.97 Å². The predicted molar refractivity (Wildman–Crippen MR) is 72.9 cm³/mol. The first kappa shape index (κ1) is 13.6. The molecule has 4 heteroatoms. The first-order chi connectivity index (χ1) is 9.00. The smallest absolute Gasteiger partial charge is 0.310 e. The molecule has 98 valence electrons. The first-order valence-electron chi connectivity index (χ1n) is 5.78. The number of aliphatic carboxylic acids is 1. The molecule has 1 atom stereocenters. The van der Waals surface area contributed by atoms with E-state index < -0.39 is 17.7 Å². The minimum absolute atomic E-state index is 0.368. The molecular formula is C15H12ClFO2. The first-order valence-corrected chi connectivity index (χ1v) is 6.15. The van der Waals surface area contributed by atoms with E-state index in [1.165, 1.54) is 13.0 Å². The standard InChI is InChI=1S/C15H12ClFO2/c1-9(15(18)19)10-6-7-12(14(17)8-10)11-4-2-3-5-13(11)16/h2-9H,1H3,(H,18,19)/t9-/m1/s1. The minimum atomic E-state index is -0.982. The van der Waals surface area contributed by atoms with Gasteiger partial charge in [0.05, 0.1) is 5.92 Å². The highest BCUT2D eigenvalue weighted by Gasteiger charge is 2.16. The zero-order chi connectivity index (χ0) is 14.0. The average Bonchev–Trinajstić information content (AvgIpc) is 2.38. The van der Waals surface area contributed by atoms with Crippen LogP contribution in [0.15, 0.2) is 42.5 Å². The van der Waals surface area contributed by atoms with Gasteiger partial charge in [0.25, 0.3) is 0 Å². The van der Waals surface area contributed by atoms with Gasteiger partial charge in [0.1, 0.15) is 5.82 Å². The second-order valence-electron chi connectivity index (χ2n) is 4.28. The van der Waals surface area contributed by atoms with Crippen LogP contribution in [0.5, 0.6) is 0 Å². The van der Waals surface area contributed by atoms with E-state index in [0.29, 0.717) is 21.7 Å². The Labute approximate surface area is 115 Å². The van der Waals surface area contributed by atoms with Crippen LogP contribution in [0.3, 0.4) is 0 Å². The van der Waals surface area contributed by atoms with Gasteiger partial charge in [-0.15, -0.1) is 0 Å². The molecule has 0 saturated heterocycles. The van der Waals surface area contributed by atoms with Gasteiger partial charge in [0.2, 0.25) is 0 Å². The number of benzene rings is 2. The lowest BCUT2D eigenvalue weighted by molar-refractivity contribution is -0.138. The van der Waals surface area contributed by atoms with Crippen molar-refractivity contribution < 1.29 is 14.3 Å². The van der Waals surface area contributed by atoms with Crippen molar-refractivity contribution in [2.75, 3.05) is 0 Å². The van der Waals surface area contributed by atoms with Crippen LogP contribution in [-0.2, 0) is 4.79 Å². The number of rotatable bonds is 3. The second-order valence-corrected chi connectivity index (χ2v) is 4.69. The summed E-state index contributed by atoms with van der Waals surface area (Å²) in [6, 6.07) is 11.4. The Hall–Kier alpha value is -1.87. The zero-order valence-corrected chi connectivity index (χ0v) is 11.0. The third-order valence-corrected chi connectivity index (χ3v) is 3.36. The van der Waals surface area contributed by atoms with E-state index in [0.717, 1.165) is 0 Å². The van der Waals surface area contributed by atoms with Gasteiger partial charge in [-0.1, -0.05) is 41.9 Å². The van der Waals surface area contributed by atoms with Crippen molar-refractivity contribution in [1.82, 2.24) is 0 Å². The summed E-state index contributed by atoms with van der Waals surface area (Å²) in [5.41, 5.74) is 1.39. The molecule has 0 aromatic heterocycles. The van der Waals surface area contributed by atoms with Crippen LogP contribution in [0, 0.1) is 5.82 Å². The second kappa shape index (κ2) is 5.41. The monoisotopic (exact) mass is 278 g/mol. The molecule has 2 rings (SSSR count). The van der Waals surface area contributed by atoms with E-state index >= 15 is 0 Å². The van der Waals surface area contributed by atoms with Gasteiger partial charge in [-0.3, -0.25) is 4.79 Å². The highest BCUT2D eigenvalue weighted by molar-refractivity contribution is 6.33. The van der Waals surface area contributed by atoms with E-state index in [1.807, 2.05) is 0 Å². The van der Waals surface area contributed by atoms with Crippen LogP contribution >= 0.6 is 11.6 Å². The minimum Gasteiger partial charge on any atom is -0.481 e. The molecular weight excluding hydrogens is 267 g/mol. The summed E-state index contributed by atoms with van der Waals surface area (Å²) in [5.74, 6) is -2.20. The number of carbonyl (C=O) groups is 1. The SMILES string of the molecule is C[C@@H](C(=O)O)c1ccc(-c2ccccc2Cl)c(F)c1. The molecule has 1 N–H and O–H groups in total. The Balaban J connectivity index is 2.46. The van der Waals surface area contributed by atoms with Crippen LogP contribution < -0.4 is 0 Å². The normalized spacial score (nSPS) is 12.2. The largest absolute Gasteiger partial charge is 0.481 e. The van der Waals surface area contributed by atoms with Gasteiger partial charge in [-0.2, -0.15) is 0 Å². The van der Waals surface area contributed by atoms with E-state index in [2.05, 4.69) is 0 Å². The summed E-state index contributed by atoms with van der Waals surface area (Å²) in [6.07, 6.45) is 0. The van der Waals surface area contributed by atoms with Crippen molar-refractivity contribution in [3.8, 4) is 11.1 Å². The van der Waals surface area contributed by atoms with Gasteiger partial charge in [0, 0.05) is 16.1 Å². The molecule has 2 aromatic rings. The Kier molecular flexibility index (Phi) is 3.86.